The van der Waals surface area contributed by atoms with Crippen LogP contribution in [0.25, 0.3) is 22.2 Å². The lowest BCUT2D eigenvalue weighted by Gasteiger charge is -2.08. The molecule has 0 aliphatic carbocycles. The van der Waals surface area contributed by atoms with Crippen LogP contribution in [-0.4, -0.2) is 16.1 Å². The van der Waals surface area contributed by atoms with Crippen LogP contribution in [-0.2, 0) is 17.4 Å². The minimum absolute atomic E-state index is 0.287. The highest BCUT2D eigenvalue weighted by Gasteiger charge is 2.30. The van der Waals surface area contributed by atoms with Crippen LogP contribution in [0, 0.1) is 0 Å². The second-order valence-corrected chi connectivity index (χ2v) is 6.75. The molecular weight excluding hydrogens is 395 g/mol. The number of carbonyl (C=O) groups is 1. The number of fused-ring (bicyclic) bond motifs is 1. The van der Waals surface area contributed by atoms with Gasteiger partial charge in [-0.05, 0) is 53.6 Å². The minimum atomic E-state index is -4.44. The summed E-state index contributed by atoms with van der Waals surface area (Å²) in [5.74, 6) is 0.117. The van der Waals surface area contributed by atoms with E-state index in [1.807, 2.05) is 18.2 Å². The van der Waals surface area contributed by atoms with Gasteiger partial charge in [0.1, 0.15) is 11.5 Å². The van der Waals surface area contributed by atoms with Crippen molar-refractivity contribution in [1.29, 1.82) is 0 Å². The first kappa shape index (κ1) is 19.6. The van der Waals surface area contributed by atoms with Crippen molar-refractivity contribution in [3.8, 4) is 22.8 Å². The van der Waals surface area contributed by atoms with Crippen molar-refractivity contribution in [2.45, 2.75) is 12.6 Å². The van der Waals surface area contributed by atoms with Gasteiger partial charge in [-0.1, -0.05) is 30.3 Å². The molecule has 0 saturated carbocycles. The Hall–Kier alpha value is -3.74. The van der Waals surface area contributed by atoms with Crippen molar-refractivity contribution in [3.05, 3.63) is 83.9 Å². The van der Waals surface area contributed by atoms with Gasteiger partial charge >= 0.3 is 12.1 Å². The van der Waals surface area contributed by atoms with Gasteiger partial charge in [-0.15, -0.1) is 0 Å². The molecule has 1 aromatic heterocycles. The van der Waals surface area contributed by atoms with Gasteiger partial charge < -0.3 is 14.8 Å². The molecule has 4 nitrogen and oxygen atoms in total. The number of alkyl halides is 3. The SMILES string of the molecule is O=C(O)Cc1c(-c2ccc(C(F)(F)F)cc2)[nH]c2ccc(Oc3ccccc3)cc12. The molecule has 7 heteroatoms. The van der Waals surface area contributed by atoms with Crippen LogP contribution < -0.4 is 4.74 Å². The molecule has 4 aromatic rings. The number of aliphatic carboxylic acids is 1. The van der Waals surface area contributed by atoms with Gasteiger partial charge in [0.25, 0.3) is 0 Å². The number of rotatable bonds is 5. The van der Waals surface area contributed by atoms with E-state index < -0.39 is 17.7 Å². The van der Waals surface area contributed by atoms with Crippen molar-refractivity contribution >= 4 is 16.9 Å². The lowest BCUT2D eigenvalue weighted by Crippen LogP contribution is -2.04. The smallest absolute Gasteiger partial charge is 0.416 e. The Morgan fingerprint density at radius 2 is 1.63 bits per heavy atom. The summed E-state index contributed by atoms with van der Waals surface area (Å²) in [6, 6.07) is 19.0. The third kappa shape index (κ3) is 4.00. The highest BCUT2D eigenvalue weighted by Crippen LogP contribution is 2.36. The van der Waals surface area contributed by atoms with Crippen molar-refractivity contribution in [2.75, 3.05) is 0 Å². The van der Waals surface area contributed by atoms with E-state index in [1.54, 1.807) is 30.3 Å². The summed E-state index contributed by atoms with van der Waals surface area (Å²) in [5.41, 5.74) is 1.33. The molecule has 0 amide bonds. The number of H-pyrrole nitrogens is 1. The minimum Gasteiger partial charge on any atom is -0.481 e. The number of aromatic nitrogens is 1. The van der Waals surface area contributed by atoms with E-state index >= 15 is 0 Å². The lowest BCUT2D eigenvalue weighted by atomic mass is 10.0. The third-order valence-electron chi connectivity index (χ3n) is 4.69. The number of hydrogen-bond donors (Lipinski definition) is 2. The molecular formula is C23H16F3NO3. The summed E-state index contributed by atoms with van der Waals surface area (Å²) in [4.78, 5) is 14.6. The van der Waals surface area contributed by atoms with E-state index in [2.05, 4.69) is 4.98 Å². The molecule has 1 heterocycles. The number of aromatic amines is 1. The first-order valence-electron chi connectivity index (χ1n) is 9.08. The van der Waals surface area contributed by atoms with E-state index in [1.165, 1.54) is 12.1 Å². The van der Waals surface area contributed by atoms with Crippen molar-refractivity contribution < 1.29 is 27.8 Å². The number of ether oxygens (including phenoxy) is 1. The first-order chi connectivity index (χ1) is 14.3. The molecule has 4 rings (SSSR count). The Bertz CT molecular complexity index is 1200. The number of para-hydroxylation sites is 1. The van der Waals surface area contributed by atoms with Crippen LogP contribution in [0.2, 0.25) is 0 Å². The number of benzene rings is 3. The Balaban J connectivity index is 1.78. The molecule has 3 aromatic carbocycles. The molecule has 0 spiro atoms. The Morgan fingerprint density at radius 1 is 0.933 bits per heavy atom. The lowest BCUT2D eigenvalue weighted by molar-refractivity contribution is -0.138. The molecule has 0 aliphatic rings. The molecule has 0 atom stereocenters. The van der Waals surface area contributed by atoms with Crippen molar-refractivity contribution in [2.24, 2.45) is 0 Å². The van der Waals surface area contributed by atoms with E-state index in [4.69, 9.17) is 4.74 Å². The van der Waals surface area contributed by atoms with Gasteiger partial charge in [0, 0.05) is 10.9 Å². The van der Waals surface area contributed by atoms with Crippen molar-refractivity contribution in [1.82, 2.24) is 4.98 Å². The maximum Gasteiger partial charge on any atom is 0.416 e. The maximum atomic E-state index is 12.9. The maximum absolute atomic E-state index is 12.9. The number of carboxylic acid groups (broad SMARTS) is 1. The fourth-order valence-electron chi connectivity index (χ4n) is 3.32. The average molecular weight is 411 g/mol. The zero-order valence-corrected chi connectivity index (χ0v) is 15.5. The number of hydrogen-bond acceptors (Lipinski definition) is 2. The summed E-state index contributed by atoms with van der Waals surface area (Å²) < 4.78 is 44.4. The van der Waals surface area contributed by atoms with Gasteiger partial charge in [-0.3, -0.25) is 4.79 Å². The largest absolute Gasteiger partial charge is 0.481 e. The molecule has 0 unspecified atom stereocenters. The Morgan fingerprint density at radius 3 is 2.27 bits per heavy atom. The second-order valence-electron chi connectivity index (χ2n) is 6.75. The highest BCUT2D eigenvalue weighted by atomic mass is 19.4. The van der Waals surface area contributed by atoms with Crippen LogP contribution in [0.3, 0.4) is 0 Å². The quantitative estimate of drug-likeness (QED) is 0.407. The molecule has 152 valence electrons. The summed E-state index contributed by atoms with van der Waals surface area (Å²) in [6.07, 6.45) is -4.72. The second kappa shape index (κ2) is 7.59. The van der Waals surface area contributed by atoms with Crippen LogP contribution in [0.15, 0.2) is 72.8 Å². The molecule has 2 N–H and O–H groups in total. The molecule has 0 bridgehead atoms. The number of nitrogens with one attached hydrogen (secondary N) is 1. The number of carboxylic acids is 1. The third-order valence-corrected chi connectivity index (χ3v) is 4.69. The van der Waals surface area contributed by atoms with E-state index in [9.17, 15) is 23.1 Å². The Kier molecular flexibility index (Phi) is 4.95. The van der Waals surface area contributed by atoms with Gasteiger partial charge in [-0.2, -0.15) is 13.2 Å². The molecule has 0 aliphatic heterocycles. The van der Waals surface area contributed by atoms with Crippen LogP contribution in [0.5, 0.6) is 11.5 Å². The standard InChI is InChI=1S/C23H16F3NO3/c24-23(25,26)15-8-6-14(7-9-15)22-19(13-21(28)29)18-12-17(10-11-20(18)27-22)30-16-4-2-1-3-5-16/h1-12,27H,13H2,(H,28,29). The van der Waals surface area contributed by atoms with Gasteiger partial charge in [0.2, 0.25) is 0 Å². The summed E-state index contributed by atoms with van der Waals surface area (Å²) in [5, 5.41) is 10.0. The zero-order valence-electron chi connectivity index (χ0n) is 15.5. The Labute approximate surface area is 169 Å². The van der Waals surface area contributed by atoms with Crippen LogP contribution in [0.1, 0.15) is 11.1 Å². The topological polar surface area (TPSA) is 62.3 Å². The normalized spacial score (nSPS) is 11.6. The van der Waals surface area contributed by atoms with Gasteiger partial charge in [-0.25, -0.2) is 0 Å². The average Bonchev–Trinajstić information content (AvgIpc) is 3.05. The first-order valence-corrected chi connectivity index (χ1v) is 9.08. The number of halogens is 3. The monoisotopic (exact) mass is 411 g/mol. The molecule has 0 fully saturated rings. The van der Waals surface area contributed by atoms with E-state index in [0.29, 0.717) is 39.2 Å². The van der Waals surface area contributed by atoms with Crippen LogP contribution in [0.4, 0.5) is 13.2 Å². The zero-order chi connectivity index (χ0) is 21.3. The molecule has 30 heavy (non-hydrogen) atoms. The molecule has 0 radical (unpaired) electrons. The molecule has 0 saturated heterocycles. The van der Waals surface area contributed by atoms with Crippen LogP contribution >= 0.6 is 0 Å². The fourth-order valence-corrected chi connectivity index (χ4v) is 3.32. The van der Waals surface area contributed by atoms with E-state index in [-0.39, 0.29) is 6.42 Å². The van der Waals surface area contributed by atoms with Gasteiger partial charge in [0.15, 0.2) is 0 Å². The predicted molar refractivity (Wildman–Crippen MR) is 107 cm³/mol. The fraction of sp³-hybridized carbons (Fsp3) is 0.0870. The van der Waals surface area contributed by atoms with E-state index in [0.717, 1.165) is 12.1 Å². The van der Waals surface area contributed by atoms with Crippen molar-refractivity contribution in [3.63, 3.8) is 0 Å². The van der Waals surface area contributed by atoms with Gasteiger partial charge in [0.05, 0.1) is 17.7 Å². The summed E-state index contributed by atoms with van der Waals surface area (Å²) >= 11 is 0. The predicted octanol–water partition coefficient (Wildman–Crippen LogP) is 6.27. The summed E-state index contributed by atoms with van der Waals surface area (Å²) in [7, 11) is 0. The highest BCUT2D eigenvalue weighted by molar-refractivity contribution is 5.94. The summed E-state index contributed by atoms with van der Waals surface area (Å²) in [6.45, 7) is 0.